The number of carbonyl (C=O) groups excluding carboxylic acids is 1. The van der Waals surface area contributed by atoms with Crippen LogP contribution < -0.4 is 24.8 Å². The van der Waals surface area contributed by atoms with E-state index in [0.29, 0.717) is 36.1 Å². The fourth-order valence-electron chi connectivity index (χ4n) is 3.59. The lowest BCUT2D eigenvalue weighted by molar-refractivity contribution is -0.121. The van der Waals surface area contributed by atoms with Gasteiger partial charge in [0.1, 0.15) is 0 Å². The number of carbonyl (C=O) groups is 1. The predicted molar refractivity (Wildman–Crippen MR) is 129 cm³/mol. The summed E-state index contributed by atoms with van der Waals surface area (Å²) < 4.78 is 16.4. The number of halogens is 1. The Labute approximate surface area is 196 Å². The molecule has 0 saturated carbocycles. The normalized spacial score (nSPS) is 14.6. The predicted octanol–water partition coefficient (Wildman–Crippen LogP) is 2.64. The zero-order chi connectivity index (χ0) is 21.2. The lowest BCUT2D eigenvalue weighted by atomic mass is 9.93. The molecule has 0 bridgehead atoms. The van der Waals surface area contributed by atoms with Crippen LogP contribution in [0.3, 0.4) is 0 Å². The van der Waals surface area contributed by atoms with Crippen molar-refractivity contribution in [3.63, 3.8) is 0 Å². The van der Waals surface area contributed by atoms with Crippen molar-refractivity contribution < 1.29 is 19.0 Å². The molecule has 0 atom stereocenters. The summed E-state index contributed by atoms with van der Waals surface area (Å²) in [4.78, 5) is 18.7. The maximum Gasteiger partial charge on any atom is 0.220 e. The Morgan fingerprint density at radius 2 is 1.80 bits per heavy atom. The van der Waals surface area contributed by atoms with Crippen molar-refractivity contribution >= 4 is 35.8 Å². The number of piperidine rings is 1. The van der Waals surface area contributed by atoms with Gasteiger partial charge in [0.25, 0.3) is 0 Å². The van der Waals surface area contributed by atoms with Crippen LogP contribution >= 0.6 is 24.0 Å². The fourth-order valence-corrected chi connectivity index (χ4v) is 3.59. The minimum atomic E-state index is 0. The molecule has 1 fully saturated rings. The number of nitrogens with one attached hydrogen (secondary N) is 2. The van der Waals surface area contributed by atoms with E-state index >= 15 is 0 Å². The number of hydrogen-bond donors (Lipinski definition) is 2. The number of likely N-dealkylation sites (tertiary alicyclic amines) is 1. The third kappa shape index (κ3) is 6.82. The van der Waals surface area contributed by atoms with Crippen molar-refractivity contribution in [3.8, 4) is 17.2 Å². The first-order chi connectivity index (χ1) is 14.1. The molecule has 1 saturated heterocycles. The van der Waals surface area contributed by atoms with E-state index in [4.69, 9.17) is 19.2 Å². The van der Waals surface area contributed by atoms with E-state index in [2.05, 4.69) is 22.5 Å². The second-order valence-corrected chi connectivity index (χ2v) is 6.97. The highest BCUT2D eigenvalue weighted by molar-refractivity contribution is 14.0. The summed E-state index contributed by atoms with van der Waals surface area (Å²) in [6.07, 6.45) is 2.57. The molecule has 30 heavy (non-hydrogen) atoms. The zero-order valence-electron chi connectivity index (χ0n) is 18.6. The van der Waals surface area contributed by atoms with E-state index in [1.54, 1.807) is 28.4 Å². The fraction of sp³-hybridized carbons (Fsp3) is 0.619. The highest BCUT2D eigenvalue weighted by atomic mass is 127. The zero-order valence-corrected chi connectivity index (χ0v) is 20.9. The molecule has 1 aliphatic heterocycles. The molecular formula is C21H35IN4O4. The Morgan fingerprint density at radius 3 is 2.33 bits per heavy atom. The van der Waals surface area contributed by atoms with Crippen molar-refractivity contribution in [1.29, 1.82) is 0 Å². The molecule has 0 aliphatic carbocycles. The number of hydrogen-bond acceptors (Lipinski definition) is 5. The van der Waals surface area contributed by atoms with Gasteiger partial charge in [0.15, 0.2) is 17.5 Å². The third-order valence-electron chi connectivity index (χ3n) is 5.19. The first-order valence-corrected chi connectivity index (χ1v) is 10.1. The Bertz CT molecular complexity index is 706. The molecule has 0 spiro atoms. The van der Waals surface area contributed by atoms with Crippen LogP contribution in [0.5, 0.6) is 17.2 Å². The highest BCUT2D eigenvalue weighted by Crippen LogP contribution is 2.40. The standard InChI is InChI=1S/C21H34N4O4.HI/c1-6-23-21(25-11-9-15(10-12-25)13-18(26)22-2)24-14-16-7-8-17(27-3)20(29-5)19(16)28-4;/h7-8,15H,6,9-14H2,1-5H3,(H,22,26)(H,23,24);1H. The number of amides is 1. The Morgan fingerprint density at radius 1 is 1.13 bits per heavy atom. The molecular weight excluding hydrogens is 499 g/mol. The van der Waals surface area contributed by atoms with Gasteiger partial charge in [-0.2, -0.15) is 0 Å². The number of nitrogens with zero attached hydrogens (tertiary/aromatic N) is 2. The van der Waals surface area contributed by atoms with Gasteiger partial charge in [-0.15, -0.1) is 24.0 Å². The molecule has 170 valence electrons. The second kappa shape index (κ2) is 13.4. The summed E-state index contributed by atoms with van der Waals surface area (Å²) in [5.41, 5.74) is 0.926. The molecule has 0 aromatic heterocycles. The Balaban J connectivity index is 0.00000450. The van der Waals surface area contributed by atoms with Gasteiger partial charge in [0, 0.05) is 38.7 Å². The molecule has 1 heterocycles. The minimum Gasteiger partial charge on any atom is -0.493 e. The van der Waals surface area contributed by atoms with Gasteiger partial charge in [-0.25, -0.2) is 4.99 Å². The van der Waals surface area contributed by atoms with Gasteiger partial charge in [-0.3, -0.25) is 4.79 Å². The first kappa shape index (κ1) is 26.1. The Hall–Kier alpha value is -1.91. The van der Waals surface area contributed by atoms with Crippen molar-refractivity contribution in [1.82, 2.24) is 15.5 Å². The average Bonchev–Trinajstić information content (AvgIpc) is 2.76. The van der Waals surface area contributed by atoms with Crippen molar-refractivity contribution in [2.24, 2.45) is 10.9 Å². The summed E-state index contributed by atoms with van der Waals surface area (Å²) in [7, 11) is 6.51. The number of rotatable bonds is 8. The Kier molecular flexibility index (Phi) is 11.7. The van der Waals surface area contributed by atoms with Crippen LogP contribution in [0.25, 0.3) is 0 Å². The SMILES string of the molecule is CCNC(=NCc1ccc(OC)c(OC)c1OC)N1CCC(CC(=O)NC)CC1.I. The van der Waals surface area contributed by atoms with Crippen molar-refractivity contribution in [2.75, 3.05) is 48.0 Å². The van der Waals surface area contributed by atoms with Crippen LogP contribution in [0, 0.1) is 5.92 Å². The molecule has 1 aromatic carbocycles. The molecule has 9 heteroatoms. The molecule has 1 aromatic rings. The van der Waals surface area contributed by atoms with Gasteiger partial charge in [-0.1, -0.05) is 0 Å². The van der Waals surface area contributed by atoms with E-state index < -0.39 is 0 Å². The van der Waals surface area contributed by atoms with E-state index in [9.17, 15) is 4.79 Å². The molecule has 0 unspecified atom stereocenters. The van der Waals surface area contributed by atoms with Crippen molar-refractivity contribution in [2.45, 2.75) is 32.7 Å². The van der Waals surface area contributed by atoms with Gasteiger partial charge in [0.05, 0.1) is 27.9 Å². The smallest absolute Gasteiger partial charge is 0.220 e. The lowest BCUT2D eigenvalue weighted by Gasteiger charge is -2.34. The van der Waals surface area contributed by atoms with Crippen LogP contribution in [-0.2, 0) is 11.3 Å². The van der Waals surface area contributed by atoms with E-state index in [1.165, 1.54) is 0 Å². The van der Waals surface area contributed by atoms with Crippen LogP contribution in [0.15, 0.2) is 17.1 Å². The first-order valence-electron chi connectivity index (χ1n) is 10.1. The molecule has 2 rings (SSSR count). The van der Waals surface area contributed by atoms with E-state index in [-0.39, 0.29) is 29.9 Å². The molecule has 1 amide bonds. The molecule has 2 N–H and O–H groups in total. The summed E-state index contributed by atoms with van der Waals surface area (Å²) in [6.45, 7) is 5.09. The maximum atomic E-state index is 11.6. The number of ether oxygens (including phenoxy) is 3. The quantitative estimate of drug-likeness (QED) is 0.303. The van der Waals surface area contributed by atoms with Crippen LogP contribution in [0.4, 0.5) is 0 Å². The molecule has 1 aliphatic rings. The number of aliphatic imine (C=N–C) groups is 1. The molecule has 0 radical (unpaired) electrons. The van der Waals surface area contributed by atoms with Crippen LogP contribution in [0.1, 0.15) is 31.7 Å². The largest absolute Gasteiger partial charge is 0.493 e. The summed E-state index contributed by atoms with van der Waals surface area (Å²) in [5.74, 6) is 3.26. The number of guanidine groups is 1. The van der Waals surface area contributed by atoms with Gasteiger partial charge < -0.3 is 29.7 Å². The summed E-state index contributed by atoms with van der Waals surface area (Å²) in [6, 6.07) is 3.81. The van der Waals surface area contributed by atoms with Crippen LogP contribution in [-0.4, -0.2) is 64.8 Å². The number of methoxy groups -OCH3 is 3. The van der Waals surface area contributed by atoms with E-state index in [0.717, 1.165) is 44.0 Å². The van der Waals surface area contributed by atoms with Gasteiger partial charge in [0.2, 0.25) is 11.7 Å². The minimum absolute atomic E-state index is 0. The third-order valence-corrected chi connectivity index (χ3v) is 5.19. The van der Waals surface area contributed by atoms with Crippen LogP contribution in [0.2, 0.25) is 0 Å². The second-order valence-electron chi connectivity index (χ2n) is 6.97. The molecule has 8 nitrogen and oxygen atoms in total. The van der Waals surface area contributed by atoms with Crippen molar-refractivity contribution in [3.05, 3.63) is 17.7 Å². The number of benzene rings is 1. The summed E-state index contributed by atoms with van der Waals surface area (Å²) >= 11 is 0. The van der Waals surface area contributed by atoms with E-state index in [1.807, 2.05) is 12.1 Å². The lowest BCUT2D eigenvalue weighted by Crippen LogP contribution is -2.46. The topological polar surface area (TPSA) is 84.4 Å². The van der Waals surface area contributed by atoms with Gasteiger partial charge >= 0.3 is 0 Å². The average molecular weight is 534 g/mol. The monoisotopic (exact) mass is 534 g/mol. The summed E-state index contributed by atoms with van der Waals surface area (Å²) in [5, 5.41) is 6.09. The van der Waals surface area contributed by atoms with Gasteiger partial charge in [-0.05, 0) is 37.8 Å². The maximum absolute atomic E-state index is 11.6. The highest BCUT2D eigenvalue weighted by Gasteiger charge is 2.23.